The summed E-state index contributed by atoms with van der Waals surface area (Å²) in [5.74, 6) is 0.0465. The number of ether oxygens (including phenoxy) is 3. The molecule has 0 amide bonds. The lowest BCUT2D eigenvalue weighted by atomic mass is 10.4. The molecule has 0 saturated carbocycles. The molecule has 1 aliphatic rings. The molecule has 0 aliphatic carbocycles. The topological polar surface area (TPSA) is 61.8 Å². The van der Waals surface area contributed by atoms with E-state index in [0.29, 0.717) is 18.8 Å². The Bertz CT molecular complexity index is 308. The van der Waals surface area contributed by atoms with Crippen LogP contribution in [0, 0.1) is 0 Å². The van der Waals surface area contributed by atoms with Gasteiger partial charge in [0.1, 0.15) is 6.61 Å². The molecule has 0 aromatic carbocycles. The van der Waals surface area contributed by atoms with Gasteiger partial charge in [0.2, 0.25) is 0 Å². The van der Waals surface area contributed by atoms with Gasteiger partial charge in [0.05, 0.1) is 13.0 Å². The Morgan fingerprint density at radius 2 is 2.28 bits per heavy atom. The fourth-order valence-corrected chi connectivity index (χ4v) is 2.14. The molecule has 1 atom stereocenters. The van der Waals surface area contributed by atoms with E-state index >= 15 is 0 Å². The Hall–Kier alpha value is -1.01. The van der Waals surface area contributed by atoms with Gasteiger partial charge in [0.25, 0.3) is 0 Å². The summed E-state index contributed by atoms with van der Waals surface area (Å²) < 4.78 is 15.3. The van der Waals surface area contributed by atoms with Crippen molar-refractivity contribution < 1.29 is 23.8 Å². The summed E-state index contributed by atoms with van der Waals surface area (Å²) in [4.78, 5) is 22.5. The summed E-state index contributed by atoms with van der Waals surface area (Å²) >= 11 is 1.57. The van der Waals surface area contributed by atoms with E-state index in [4.69, 9.17) is 14.2 Å². The van der Waals surface area contributed by atoms with Crippen molar-refractivity contribution in [3.8, 4) is 0 Å². The lowest BCUT2D eigenvalue weighted by molar-refractivity contribution is -0.150. The number of carbonyl (C=O) groups is 2. The van der Waals surface area contributed by atoms with E-state index in [-0.39, 0.29) is 24.4 Å². The van der Waals surface area contributed by atoms with Crippen molar-refractivity contribution in [2.24, 2.45) is 0 Å². The number of thioether (sulfide) groups is 1. The zero-order valence-electron chi connectivity index (χ0n) is 10.5. The van der Waals surface area contributed by atoms with Gasteiger partial charge < -0.3 is 14.2 Å². The van der Waals surface area contributed by atoms with Gasteiger partial charge in [0.15, 0.2) is 5.44 Å². The number of esters is 2. The molecule has 6 heteroatoms. The normalized spacial score (nSPS) is 19.7. The van der Waals surface area contributed by atoms with Crippen LogP contribution < -0.4 is 0 Å². The van der Waals surface area contributed by atoms with Crippen molar-refractivity contribution in [2.45, 2.75) is 25.2 Å². The molecule has 0 aromatic rings. The average Bonchev–Trinajstić information content (AvgIpc) is 2.57. The van der Waals surface area contributed by atoms with E-state index in [1.807, 2.05) is 0 Å². The largest absolute Gasteiger partial charge is 0.462 e. The predicted octanol–water partition coefficient (Wildman–Crippen LogP) is 1.52. The van der Waals surface area contributed by atoms with Gasteiger partial charge in [-0.25, -0.2) is 4.79 Å². The van der Waals surface area contributed by atoms with Crippen LogP contribution in [0.2, 0.25) is 0 Å². The summed E-state index contributed by atoms with van der Waals surface area (Å²) in [6, 6.07) is 0. The zero-order chi connectivity index (χ0) is 13.4. The number of hydrogen-bond donors (Lipinski definition) is 0. The Balaban J connectivity index is 2.16. The molecular weight excluding hydrogens is 256 g/mol. The highest BCUT2D eigenvalue weighted by Crippen LogP contribution is 2.18. The lowest BCUT2D eigenvalue weighted by Gasteiger charge is -2.14. The molecule has 1 saturated heterocycles. The SMILES string of the molecule is C=C(C)C(=O)OCCC(=O)OC1COCCCS1. The Labute approximate surface area is 111 Å². The number of hydrogen-bond acceptors (Lipinski definition) is 6. The van der Waals surface area contributed by atoms with Crippen molar-refractivity contribution in [1.29, 1.82) is 0 Å². The van der Waals surface area contributed by atoms with Gasteiger partial charge in [-0.2, -0.15) is 0 Å². The molecule has 5 nitrogen and oxygen atoms in total. The first kappa shape index (κ1) is 15.0. The maximum absolute atomic E-state index is 11.5. The zero-order valence-corrected chi connectivity index (χ0v) is 11.3. The minimum Gasteiger partial charge on any atom is -0.462 e. The van der Waals surface area contributed by atoms with Crippen molar-refractivity contribution in [1.82, 2.24) is 0 Å². The smallest absolute Gasteiger partial charge is 0.333 e. The molecule has 1 aliphatic heterocycles. The minimum atomic E-state index is -0.491. The summed E-state index contributed by atoms with van der Waals surface area (Å²) in [6.45, 7) is 6.14. The van der Waals surface area contributed by atoms with Gasteiger partial charge >= 0.3 is 11.9 Å². The standard InChI is InChI=1S/C12H18O5S/c1-9(2)12(14)16-6-4-10(13)17-11-8-15-5-3-7-18-11/h11H,1,3-8H2,2H3. The summed E-state index contributed by atoms with van der Waals surface area (Å²) in [5, 5.41) is 0. The Kier molecular flexibility index (Phi) is 6.82. The van der Waals surface area contributed by atoms with Crippen LogP contribution in [0.4, 0.5) is 0 Å². The van der Waals surface area contributed by atoms with Gasteiger partial charge in [-0.05, 0) is 19.1 Å². The molecular formula is C12H18O5S. The molecule has 0 N–H and O–H groups in total. The first-order valence-corrected chi connectivity index (χ1v) is 6.86. The summed E-state index contributed by atoms with van der Waals surface area (Å²) in [5.41, 5.74) is 0.0629. The second kappa shape index (κ2) is 8.16. The minimum absolute atomic E-state index is 0.0166. The van der Waals surface area contributed by atoms with E-state index in [1.54, 1.807) is 18.7 Å². The van der Waals surface area contributed by atoms with Crippen LogP contribution in [0.5, 0.6) is 0 Å². The van der Waals surface area contributed by atoms with Gasteiger partial charge in [-0.1, -0.05) is 6.58 Å². The van der Waals surface area contributed by atoms with Crippen LogP contribution in [0.1, 0.15) is 19.8 Å². The quantitative estimate of drug-likeness (QED) is 0.559. The monoisotopic (exact) mass is 274 g/mol. The Morgan fingerprint density at radius 1 is 1.50 bits per heavy atom. The molecule has 0 spiro atoms. The van der Waals surface area contributed by atoms with Gasteiger partial charge in [0, 0.05) is 12.2 Å². The second-order valence-electron chi connectivity index (χ2n) is 3.88. The van der Waals surface area contributed by atoms with E-state index in [9.17, 15) is 9.59 Å². The fraction of sp³-hybridized carbons (Fsp3) is 0.667. The third-order valence-corrected chi connectivity index (χ3v) is 3.27. The number of rotatable bonds is 5. The van der Waals surface area contributed by atoms with E-state index in [0.717, 1.165) is 12.2 Å². The van der Waals surface area contributed by atoms with Crippen molar-refractivity contribution in [3.05, 3.63) is 12.2 Å². The van der Waals surface area contributed by atoms with Crippen LogP contribution in [0.15, 0.2) is 12.2 Å². The predicted molar refractivity (Wildman–Crippen MR) is 68.2 cm³/mol. The van der Waals surface area contributed by atoms with Crippen LogP contribution >= 0.6 is 11.8 Å². The number of carbonyl (C=O) groups excluding carboxylic acids is 2. The third-order valence-electron chi connectivity index (χ3n) is 2.14. The van der Waals surface area contributed by atoms with Crippen molar-refractivity contribution in [2.75, 3.05) is 25.6 Å². The highest BCUT2D eigenvalue weighted by Gasteiger charge is 2.17. The van der Waals surface area contributed by atoms with E-state index in [1.165, 1.54) is 0 Å². The first-order chi connectivity index (χ1) is 8.59. The van der Waals surface area contributed by atoms with Crippen LogP contribution in [0.25, 0.3) is 0 Å². The van der Waals surface area contributed by atoms with Gasteiger partial charge in [-0.15, -0.1) is 11.8 Å². The summed E-state index contributed by atoms with van der Waals surface area (Å²) in [7, 11) is 0. The molecule has 1 rings (SSSR count). The van der Waals surface area contributed by atoms with Crippen LogP contribution in [-0.2, 0) is 23.8 Å². The maximum Gasteiger partial charge on any atom is 0.333 e. The Morgan fingerprint density at radius 3 is 3.00 bits per heavy atom. The highest BCUT2D eigenvalue weighted by atomic mass is 32.2. The lowest BCUT2D eigenvalue weighted by Crippen LogP contribution is -2.21. The highest BCUT2D eigenvalue weighted by molar-refractivity contribution is 7.99. The molecule has 0 bridgehead atoms. The van der Waals surface area contributed by atoms with Crippen LogP contribution in [0.3, 0.4) is 0 Å². The fourth-order valence-electron chi connectivity index (χ4n) is 1.23. The first-order valence-electron chi connectivity index (χ1n) is 5.81. The molecule has 1 heterocycles. The molecule has 1 fully saturated rings. The molecule has 1 unspecified atom stereocenters. The maximum atomic E-state index is 11.5. The average molecular weight is 274 g/mol. The van der Waals surface area contributed by atoms with E-state index < -0.39 is 5.97 Å². The third kappa shape index (κ3) is 6.07. The molecule has 18 heavy (non-hydrogen) atoms. The second-order valence-corrected chi connectivity index (χ2v) is 5.15. The van der Waals surface area contributed by atoms with Crippen molar-refractivity contribution >= 4 is 23.7 Å². The summed E-state index contributed by atoms with van der Waals surface area (Å²) in [6.07, 6.45) is 1.02. The van der Waals surface area contributed by atoms with Gasteiger partial charge in [-0.3, -0.25) is 4.79 Å². The molecule has 0 aromatic heterocycles. The van der Waals surface area contributed by atoms with Crippen molar-refractivity contribution in [3.63, 3.8) is 0 Å². The van der Waals surface area contributed by atoms with Crippen LogP contribution in [-0.4, -0.2) is 42.9 Å². The molecule has 0 radical (unpaired) electrons. The van der Waals surface area contributed by atoms with E-state index in [2.05, 4.69) is 6.58 Å². The molecule has 102 valence electrons.